The third kappa shape index (κ3) is 2.29. The molecule has 1 atom stereocenters. The molecule has 2 heterocycles. The fraction of sp³-hybridized carbons (Fsp3) is 0.467. The summed E-state index contributed by atoms with van der Waals surface area (Å²) in [6.07, 6.45) is 1.59. The smallest absolute Gasteiger partial charge is 0.223 e. The zero-order valence-electron chi connectivity index (χ0n) is 11.4. The molecule has 0 radical (unpaired) electrons. The number of Topliss-reactive ketones (excluding diaryl/α,β-unsaturated/α-hetero) is 1. The van der Waals surface area contributed by atoms with Crippen LogP contribution in [0.25, 0.3) is 0 Å². The normalized spacial score (nSPS) is 22.1. The highest BCUT2D eigenvalue weighted by Gasteiger charge is 2.35. The number of carbonyl (C=O) groups is 2. The van der Waals surface area contributed by atoms with E-state index in [1.54, 1.807) is 6.07 Å². The molecule has 0 aliphatic carbocycles. The van der Waals surface area contributed by atoms with Crippen LogP contribution < -0.4 is 4.90 Å². The number of piperazine rings is 1. The van der Waals surface area contributed by atoms with Crippen LogP contribution >= 0.6 is 11.6 Å². The van der Waals surface area contributed by atoms with Crippen molar-refractivity contribution < 1.29 is 9.59 Å². The second-order valence-electron chi connectivity index (χ2n) is 5.45. The molecule has 3 rings (SSSR count). The SMILES string of the molecule is CC(=O)c1ccc(N2CCN3C(=O)CCC3C2)c(Cl)c1. The number of nitrogens with zero attached hydrogens (tertiary/aromatic N) is 2. The molecular weight excluding hydrogens is 276 g/mol. The quantitative estimate of drug-likeness (QED) is 0.786. The molecule has 0 bridgehead atoms. The summed E-state index contributed by atoms with van der Waals surface area (Å²) >= 11 is 6.30. The first kappa shape index (κ1) is 13.4. The van der Waals surface area contributed by atoms with Gasteiger partial charge in [-0.2, -0.15) is 0 Å². The zero-order valence-corrected chi connectivity index (χ0v) is 12.2. The second-order valence-corrected chi connectivity index (χ2v) is 5.86. The second kappa shape index (κ2) is 5.09. The van der Waals surface area contributed by atoms with E-state index in [0.717, 1.165) is 31.7 Å². The first-order valence-corrected chi connectivity index (χ1v) is 7.29. The Balaban J connectivity index is 1.80. The zero-order chi connectivity index (χ0) is 14.3. The van der Waals surface area contributed by atoms with E-state index in [-0.39, 0.29) is 11.7 Å². The lowest BCUT2D eigenvalue weighted by Crippen LogP contribution is -2.51. The van der Waals surface area contributed by atoms with Crippen molar-refractivity contribution in [2.24, 2.45) is 0 Å². The summed E-state index contributed by atoms with van der Waals surface area (Å²) in [5, 5.41) is 0.607. The Bertz CT molecular complexity index is 573. The molecule has 5 heteroatoms. The Kier molecular flexibility index (Phi) is 3.42. The number of carbonyl (C=O) groups excluding carboxylic acids is 2. The topological polar surface area (TPSA) is 40.6 Å². The Hall–Kier alpha value is -1.55. The summed E-state index contributed by atoms with van der Waals surface area (Å²) in [5.74, 6) is 0.289. The molecule has 2 aliphatic heterocycles. The van der Waals surface area contributed by atoms with Crippen LogP contribution in [-0.2, 0) is 4.79 Å². The van der Waals surface area contributed by atoms with Gasteiger partial charge in [-0.3, -0.25) is 9.59 Å². The third-order valence-corrected chi connectivity index (χ3v) is 4.49. The van der Waals surface area contributed by atoms with Gasteiger partial charge in [0.25, 0.3) is 0 Å². The monoisotopic (exact) mass is 292 g/mol. The Morgan fingerprint density at radius 1 is 1.35 bits per heavy atom. The molecular formula is C15H17ClN2O2. The van der Waals surface area contributed by atoms with Crippen LogP contribution in [0.1, 0.15) is 30.1 Å². The van der Waals surface area contributed by atoms with Crippen molar-refractivity contribution in [3.05, 3.63) is 28.8 Å². The van der Waals surface area contributed by atoms with Gasteiger partial charge in [-0.1, -0.05) is 11.6 Å². The molecule has 1 amide bonds. The maximum atomic E-state index is 11.7. The minimum absolute atomic E-state index is 0.0182. The van der Waals surface area contributed by atoms with Gasteiger partial charge in [0, 0.05) is 37.7 Å². The summed E-state index contributed by atoms with van der Waals surface area (Å²) in [5.41, 5.74) is 1.59. The highest BCUT2D eigenvalue weighted by molar-refractivity contribution is 6.33. The molecule has 0 aromatic heterocycles. The third-order valence-electron chi connectivity index (χ3n) is 4.19. The number of anilines is 1. The Morgan fingerprint density at radius 2 is 2.15 bits per heavy atom. The van der Waals surface area contributed by atoms with Gasteiger partial charge < -0.3 is 9.80 Å². The first-order chi connectivity index (χ1) is 9.56. The standard InChI is InChI=1S/C15H17ClN2O2/c1-10(19)11-2-4-14(13(16)8-11)17-6-7-18-12(9-17)3-5-15(18)20/h2,4,8,12H,3,5-7,9H2,1H3. The van der Waals surface area contributed by atoms with Crippen molar-refractivity contribution >= 4 is 29.0 Å². The van der Waals surface area contributed by atoms with Gasteiger partial charge in [0.1, 0.15) is 0 Å². The van der Waals surface area contributed by atoms with Crippen molar-refractivity contribution in [3.8, 4) is 0 Å². The average Bonchev–Trinajstić information content (AvgIpc) is 2.79. The molecule has 1 aromatic rings. The minimum atomic E-state index is 0.0182. The number of hydrogen-bond donors (Lipinski definition) is 0. The van der Waals surface area contributed by atoms with Crippen molar-refractivity contribution in [2.45, 2.75) is 25.8 Å². The lowest BCUT2D eigenvalue weighted by atomic mass is 10.1. The number of ketones is 1. The van der Waals surface area contributed by atoms with E-state index in [1.807, 2.05) is 17.0 Å². The minimum Gasteiger partial charge on any atom is -0.366 e. The van der Waals surface area contributed by atoms with Gasteiger partial charge >= 0.3 is 0 Å². The summed E-state index contributed by atoms with van der Waals surface area (Å²) < 4.78 is 0. The molecule has 0 spiro atoms. The molecule has 20 heavy (non-hydrogen) atoms. The van der Waals surface area contributed by atoms with Crippen LogP contribution in [-0.4, -0.2) is 42.3 Å². The molecule has 106 valence electrons. The lowest BCUT2D eigenvalue weighted by Gasteiger charge is -2.39. The Morgan fingerprint density at radius 3 is 2.85 bits per heavy atom. The predicted molar refractivity (Wildman–Crippen MR) is 78.4 cm³/mol. The van der Waals surface area contributed by atoms with Crippen LogP contribution in [0, 0.1) is 0 Å². The van der Waals surface area contributed by atoms with Crippen LogP contribution in [0.15, 0.2) is 18.2 Å². The van der Waals surface area contributed by atoms with Gasteiger partial charge in [0.2, 0.25) is 5.91 Å². The lowest BCUT2D eigenvalue weighted by molar-refractivity contribution is -0.129. The van der Waals surface area contributed by atoms with Crippen molar-refractivity contribution in [1.29, 1.82) is 0 Å². The van der Waals surface area contributed by atoms with E-state index < -0.39 is 0 Å². The largest absolute Gasteiger partial charge is 0.366 e. The highest BCUT2D eigenvalue weighted by Crippen LogP contribution is 2.31. The maximum Gasteiger partial charge on any atom is 0.223 e. The molecule has 2 aliphatic rings. The predicted octanol–water partition coefficient (Wildman–Crippen LogP) is 2.35. The van der Waals surface area contributed by atoms with E-state index >= 15 is 0 Å². The van der Waals surface area contributed by atoms with Gasteiger partial charge in [-0.25, -0.2) is 0 Å². The molecule has 2 fully saturated rings. The van der Waals surface area contributed by atoms with Crippen LogP contribution in [0.3, 0.4) is 0 Å². The fourth-order valence-electron chi connectivity index (χ4n) is 3.07. The number of fused-ring (bicyclic) bond motifs is 1. The Labute approximate surface area is 123 Å². The molecule has 0 saturated carbocycles. The molecule has 1 unspecified atom stereocenters. The van der Waals surface area contributed by atoms with E-state index in [9.17, 15) is 9.59 Å². The van der Waals surface area contributed by atoms with Gasteiger partial charge in [0.15, 0.2) is 5.78 Å². The molecule has 0 N–H and O–H groups in total. The van der Waals surface area contributed by atoms with Crippen molar-refractivity contribution in [1.82, 2.24) is 4.90 Å². The van der Waals surface area contributed by atoms with Gasteiger partial charge in [-0.15, -0.1) is 0 Å². The number of hydrogen-bond acceptors (Lipinski definition) is 3. The number of benzene rings is 1. The number of rotatable bonds is 2. The van der Waals surface area contributed by atoms with E-state index in [2.05, 4.69) is 4.90 Å². The van der Waals surface area contributed by atoms with Gasteiger partial charge in [-0.05, 0) is 31.5 Å². The number of halogens is 1. The summed E-state index contributed by atoms with van der Waals surface area (Å²) in [6.45, 7) is 3.91. The maximum absolute atomic E-state index is 11.7. The van der Waals surface area contributed by atoms with Crippen LogP contribution in [0.5, 0.6) is 0 Å². The van der Waals surface area contributed by atoms with Crippen LogP contribution in [0.4, 0.5) is 5.69 Å². The summed E-state index contributed by atoms with van der Waals surface area (Å²) in [4.78, 5) is 27.2. The van der Waals surface area contributed by atoms with E-state index in [4.69, 9.17) is 11.6 Å². The van der Waals surface area contributed by atoms with Crippen molar-refractivity contribution in [3.63, 3.8) is 0 Å². The molecule has 2 saturated heterocycles. The fourth-order valence-corrected chi connectivity index (χ4v) is 3.37. The molecule has 4 nitrogen and oxygen atoms in total. The van der Waals surface area contributed by atoms with Crippen molar-refractivity contribution in [2.75, 3.05) is 24.5 Å². The van der Waals surface area contributed by atoms with E-state index in [0.29, 0.717) is 23.0 Å². The molecule has 1 aromatic carbocycles. The summed E-state index contributed by atoms with van der Waals surface area (Å²) in [7, 11) is 0. The first-order valence-electron chi connectivity index (χ1n) is 6.91. The highest BCUT2D eigenvalue weighted by atomic mass is 35.5. The van der Waals surface area contributed by atoms with Gasteiger partial charge in [0.05, 0.1) is 10.7 Å². The average molecular weight is 293 g/mol. The van der Waals surface area contributed by atoms with E-state index in [1.165, 1.54) is 6.92 Å². The summed E-state index contributed by atoms with van der Waals surface area (Å²) in [6, 6.07) is 5.76. The number of amides is 1. The van der Waals surface area contributed by atoms with Crippen LogP contribution in [0.2, 0.25) is 5.02 Å².